The number of amides is 1. The van der Waals surface area contributed by atoms with Crippen molar-refractivity contribution in [3.63, 3.8) is 0 Å². The topological polar surface area (TPSA) is 150 Å². The monoisotopic (exact) mass is 304 g/mol. The van der Waals surface area contributed by atoms with Crippen molar-refractivity contribution in [1.82, 2.24) is 5.32 Å². The summed E-state index contributed by atoms with van der Waals surface area (Å²) in [6.07, 6.45) is -4.92. The number of carboxylic acids is 2. The van der Waals surface area contributed by atoms with Gasteiger partial charge < -0.3 is 26.4 Å². The highest BCUT2D eigenvalue weighted by Gasteiger charge is 2.38. The quantitative estimate of drug-likeness (QED) is 0.401. The molecule has 1 atom stereocenters. The summed E-state index contributed by atoms with van der Waals surface area (Å²) in [6.45, 7) is 0.0517. The van der Waals surface area contributed by atoms with Crippen molar-refractivity contribution in [1.29, 1.82) is 0 Å². The molecular formula is C9H15F3N2O6. The molecule has 0 aromatic rings. The van der Waals surface area contributed by atoms with Crippen LogP contribution in [0.15, 0.2) is 0 Å². The second kappa shape index (κ2) is 9.97. The highest BCUT2D eigenvalue weighted by molar-refractivity contribution is 5.77. The molecular weight excluding hydrogens is 289 g/mol. The Morgan fingerprint density at radius 2 is 1.65 bits per heavy atom. The number of hydrogen-bond donors (Lipinski definition) is 5. The Kier molecular flexibility index (Phi) is 10.2. The van der Waals surface area contributed by atoms with Crippen molar-refractivity contribution in [3.05, 3.63) is 0 Å². The van der Waals surface area contributed by atoms with Crippen LogP contribution < -0.4 is 11.1 Å². The van der Waals surface area contributed by atoms with Gasteiger partial charge in [-0.15, -0.1) is 0 Å². The van der Waals surface area contributed by atoms with Crippen molar-refractivity contribution in [3.8, 4) is 0 Å². The van der Waals surface area contributed by atoms with Crippen LogP contribution in [0.5, 0.6) is 0 Å². The number of nitrogens with two attached hydrogens (primary N) is 1. The molecule has 0 aliphatic rings. The molecule has 6 N–H and O–H groups in total. The number of carbonyl (C=O) groups excluding carboxylic acids is 1. The van der Waals surface area contributed by atoms with Gasteiger partial charge in [0.05, 0.1) is 6.61 Å². The van der Waals surface area contributed by atoms with E-state index in [1.165, 1.54) is 0 Å². The summed E-state index contributed by atoms with van der Waals surface area (Å²) in [6, 6.07) is -0.820. The fourth-order valence-corrected chi connectivity index (χ4v) is 0.838. The number of aliphatic hydroxyl groups excluding tert-OH is 1. The molecule has 0 spiro atoms. The summed E-state index contributed by atoms with van der Waals surface area (Å²) in [4.78, 5) is 29.8. The van der Waals surface area contributed by atoms with E-state index in [1.54, 1.807) is 0 Å². The van der Waals surface area contributed by atoms with Gasteiger partial charge >= 0.3 is 18.1 Å². The van der Waals surface area contributed by atoms with Gasteiger partial charge in [-0.1, -0.05) is 0 Å². The Bertz CT molecular complexity index is 334. The third-order valence-electron chi connectivity index (χ3n) is 1.72. The van der Waals surface area contributed by atoms with Crippen LogP contribution in [-0.4, -0.2) is 58.5 Å². The van der Waals surface area contributed by atoms with E-state index < -0.39 is 30.1 Å². The Balaban J connectivity index is 0. The molecule has 118 valence electrons. The lowest BCUT2D eigenvalue weighted by atomic mass is 10.1. The second-order valence-electron chi connectivity index (χ2n) is 3.38. The molecule has 8 nitrogen and oxygen atoms in total. The summed E-state index contributed by atoms with van der Waals surface area (Å²) in [7, 11) is 0. The molecule has 0 aliphatic carbocycles. The Morgan fingerprint density at radius 3 is 1.90 bits per heavy atom. The maximum Gasteiger partial charge on any atom is 0.490 e. The molecule has 0 rings (SSSR count). The normalized spacial score (nSPS) is 12.0. The third kappa shape index (κ3) is 12.6. The van der Waals surface area contributed by atoms with Crippen LogP contribution in [-0.2, 0) is 14.4 Å². The highest BCUT2D eigenvalue weighted by Crippen LogP contribution is 2.13. The summed E-state index contributed by atoms with van der Waals surface area (Å²) >= 11 is 0. The van der Waals surface area contributed by atoms with E-state index in [-0.39, 0.29) is 26.0 Å². The number of halogens is 3. The number of hydrogen-bond acceptors (Lipinski definition) is 5. The standard InChI is InChI=1S/C7H14N2O4.C2HF3O2/c8-6(11)2-1-5(7(12)13)9-3-4-10;3-2(4,5)1(6)7/h5,9-10H,1-4H2,(H2,8,11)(H,12,13);(H,6,7). The number of aliphatic carboxylic acids is 2. The number of carbonyl (C=O) groups is 3. The number of primary amides is 1. The smallest absolute Gasteiger partial charge is 0.480 e. The maximum absolute atomic E-state index is 10.6. The second-order valence-corrected chi connectivity index (χ2v) is 3.38. The predicted molar refractivity (Wildman–Crippen MR) is 58.6 cm³/mol. The van der Waals surface area contributed by atoms with Crippen LogP contribution >= 0.6 is 0 Å². The van der Waals surface area contributed by atoms with Crippen molar-refractivity contribution in [2.24, 2.45) is 5.73 Å². The number of aliphatic hydroxyl groups is 1. The Morgan fingerprint density at radius 1 is 1.20 bits per heavy atom. The lowest BCUT2D eigenvalue weighted by Gasteiger charge is -2.11. The van der Waals surface area contributed by atoms with E-state index in [4.69, 9.17) is 25.8 Å². The average molecular weight is 304 g/mol. The number of alkyl halides is 3. The zero-order chi connectivity index (χ0) is 16.3. The number of nitrogens with one attached hydrogen (secondary N) is 1. The van der Waals surface area contributed by atoms with Gasteiger partial charge in [0.15, 0.2) is 0 Å². The molecule has 0 bridgehead atoms. The summed E-state index contributed by atoms with van der Waals surface area (Å²) in [5.74, 6) is -4.33. The lowest BCUT2D eigenvalue weighted by molar-refractivity contribution is -0.192. The van der Waals surface area contributed by atoms with E-state index in [1.807, 2.05) is 0 Å². The predicted octanol–water partition coefficient (Wildman–Crippen LogP) is -1.08. The van der Waals surface area contributed by atoms with Gasteiger partial charge in [0, 0.05) is 13.0 Å². The summed E-state index contributed by atoms with van der Waals surface area (Å²) in [5.41, 5.74) is 4.86. The molecule has 0 radical (unpaired) electrons. The summed E-state index contributed by atoms with van der Waals surface area (Å²) < 4.78 is 31.7. The van der Waals surface area contributed by atoms with E-state index in [2.05, 4.69) is 5.32 Å². The zero-order valence-corrected chi connectivity index (χ0v) is 10.2. The van der Waals surface area contributed by atoms with Gasteiger partial charge in [-0.3, -0.25) is 9.59 Å². The lowest BCUT2D eigenvalue weighted by Crippen LogP contribution is -2.39. The van der Waals surface area contributed by atoms with Gasteiger partial charge in [-0.05, 0) is 6.42 Å². The van der Waals surface area contributed by atoms with Gasteiger partial charge in [0.1, 0.15) is 6.04 Å². The van der Waals surface area contributed by atoms with Crippen LogP contribution in [0.1, 0.15) is 12.8 Å². The number of carboxylic acid groups (broad SMARTS) is 2. The molecule has 1 amide bonds. The highest BCUT2D eigenvalue weighted by atomic mass is 19.4. The number of rotatable bonds is 7. The third-order valence-corrected chi connectivity index (χ3v) is 1.72. The van der Waals surface area contributed by atoms with Crippen molar-refractivity contribution in [2.75, 3.05) is 13.2 Å². The van der Waals surface area contributed by atoms with Crippen molar-refractivity contribution < 1.29 is 42.9 Å². The molecule has 0 aromatic heterocycles. The largest absolute Gasteiger partial charge is 0.490 e. The van der Waals surface area contributed by atoms with Gasteiger partial charge in [0.2, 0.25) is 5.91 Å². The maximum atomic E-state index is 10.6. The van der Waals surface area contributed by atoms with E-state index >= 15 is 0 Å². The molecule has 0 aromatic carbocycles. The van der Waals surface area contributed by atoms with Crippen molar-refractivity contribution >= 4 is 17.8 Å². The fraction of sp³-hybridized carbons (Fsp3) is 0.667. The molecule has 1 unspecified atom stereocenters. The minimum atomic E-state index is -5.08. The van der Waals surface area contributed by atoms with Crippen LogP contribution in [0.3, 0.4) is 0 Å². The van der Waals surface area contributed by atoms with Gasteiger partial charge in [0.25, 0.3) is 0 Å². The van der Waals surface area contributed by atoms with E-state index in [0.29, 0.717) is 0 Å². The van der Waals surface area contributed by atoms with Crippen LogP contribution in [0.2, 0.25) is 0 Å². The average Bonchev–Trinajstić information content (AvgIpc) is 2.27. The van der Waals surface area contributed by atoms with Gasteiger partial charge in [-0.2, -0.15) is 13.2 Å². The molecule has 0 aliphatic heterocycles. The molecule has 0 fully saturated rings. The fourth-order valence-electron chi connectivity index (χ4n) is 0.838. The molecule has 0 heterocycles. The van der Waals surface area contributed by atoms with E-state index in [0.717, 1.165) is 0 Å². The van der Waals surface area contributed by atoms with E-state index in [9.17, 15) is 22.8 Å². The first-order valence-corrected chi connectivity index (χ1v) is 5.17. The van der Waals surface area contributed by atoms with Crippen LogP contribution in [0.4, 0.5) is 13.2 Å². The summed E-state index contributed by atoms with van der Waals surface area (Å²) in [5, 5.41) is 26.7. The molecule has 0 saturated heterocycles. The zero-order valence-electron chi connectivity index (χ0n) is 10.2. The van der Waals surface area contributed by atoms with Crippen molar-refractivity contribution in [2.45, 2.75) is 25.1 Å². The first-order chi connectivity index (χ1) is 9.02. The molecule has 0 saturated carbocycles. The minimum absolute atomic E-state index is 0.0232. The SMILES string of the molecule is NC(=O)CCC(NCCO)C(=O)O.O=C(O)C(F)(F)F. The Hall–Kier alpha value is -1.88. The van der Waals surface area contributed by atoms with Crippen LogP contribution in [0, 0.1) is 0 Å². The molecule has 11 heteroatoms. The first kappa shape index (κ1) is 20.4. The molecule has 20 heavy (non-hydrogen) atoms. The van der Waals surface area contributed by atoms with Crippen LogP contribution in [0.25, 0.3) is 0 Å². The minimum Gasteiger partial charge on any atom is -0.480 e. The first-order valence-electron chi connectivity index (χ1n) is 5.17. The van der Waals surface area contributed by atoms with Gasteiger partial charge in [-0.25, -0.2) is 4.79 Å². The Labute approximate surface area is 111 Å².